The molecule has 0 radical (unpaired) electrons. The molecular formula is C20H42. The molecule has 0 N–H and O–H groups in total. The summed E-state index contributed by atoms with van der Waals surface area (Å²) in [6, 6.07) is 0. The standard InChI is InChI=1S/C20H42/c1-17(2)11-9-15-19(5)13-7-8-14-20(6)16-10-12-18(3)4/h17-20H,7-16H2,1-6H3/t19-,20+. The van der Waals surface area contributed by atoms with Crippen molar-refractivity contribution in [3.63, 3.8) is 0 Å². The Labute approximate surface area is 130 Å². The number of hydrogen-bond acceptors (Lipinski definition) is 0. The zero-order valence-corrected chi connectivity index (χ0v) is 15.4. The molecule has 2 atom stereocenters. The van der Waals surface area contributed by atoms with E-state index in [2.05, 4.69) is 41.5 Å². The van der Waals surface area contributed by atoms with Crippen molar-refractivity contribution >= 4 is 0 Å². The molecule has 0 aliphatic carbocycles. The molecule has 0 aromatic heterocycles. The van der Waals surface area contributed by atoms with Crippen molar-refractivity contribution in [3.05, 3.63) is 0 Å². The molecule has 0 heterocycles. The second-order valence-corrected chi connectivity index (χ2v) is 8.14. The lowest BCUT2D eigenvalue weighted by Gasteiger charge is -2.14. The summed E-state index contributed by atoms with van der Waals surface area (Å²) in [6.45, 7) is 14.3. The van der Waals surface area contributed by atoms with Crippen LogP contribution in [0, 0.1) is 23.7 Å². The van der Waals surface area contributed by atoms with E-state index in [0.717, 1.165) is 23.7 Å². The van der Waals surface area contributed by atoms with Crippen molar-refractivity contribution in [1.82, 2.24) is 0 Å². The highest BCUT2D eigenvalue weighted by Gasteiger charge is 2.06. The van der Waals surface area contributed by atoms with Crippen molar-refractivity contribution in [2.75, 3.05) is 0 Å². The Hall–Kier alpha value is 0. The van der Waals surface area contributed by atoms with Gasteiger partial charge in [0.05, 0.1) is 0 Å². The predicted molar refractivity (Wildman–Crippen MR) is 94.2 cm³/mol. The normalized spacial score (nSPS) is 15.0. The highest BCUT2D eigenvalue weighted by molar-refractivity contribution is 4.59. The summed E-state index contributed by atoms with van der Waals surface area (Å²) in [7, 11) is 0. The minimum atomic E-state index is 0.883. The largest absolute Gasteiger partial charge is 0.0628 e. The van der Waals surface area contributed by atoms with E-state index >= 15 is 0 Å². The molecule has 20 heavy (non-hydrogen) atoms. The van der Waals surface area contributed by atoms with Crippen molar-refractivity contribution < 1.29 is 0 Å². The maximum absolute atomic E-state index is 2.45. The average molecular weight is 283 g/mol. The topological polar surface area (TPSA) is 0 Å². The molecule has 0 spiro atoms. The lowest BCUT2D eigenvalue weighted by Crippen LogP contribution is -1.99. The third kappa shape index (κ3) is 14.4. The summed E-state index contributed by atoms with van der Waals surface area (Å²) < 4.78 is 0. The van der Waals surface area contributed by atoms with Gasteiger partial charge in [-0.15, -0.1) is 0 Å². The van der Waals surface area contributed by atoms with E-state index in [4.69, 9.17) is 0 Å². The lowest BCUT2D eigenvalue weighted by atomic mass is 9.92. The van der Waals surface area contributed by atoms with Gasteiger partial charge in [-0.3, -0.25) is 0 Å². The maximum atomic E-state index is 2.45. The van der Waals surface area contributed by atoms with E-state index in [-0.39, 0.29) is 0 Å². The molecule has 0 aromatic rings. The molecule has 0 unspecified atom stereocenters. The quantitative estimate of drug-likeness (QED) is 0.307. The second-order valence-electron chi connectivity index (χ2n) is 8.14. The molecular weight excluding hydrogens is 240 g/mol. The summed E-state index contributed by atoms with van der Waals surface area (Å²) in [4.78, 5) is 0. The fourth-order valence-corrected chi connectivity index (χ4v) is 3.02. The van der Waals surface area contributed by atoms with Crippen LogP contribution in [0.25, 0.3) is 0 Å². The van der Waals surface area contributed by atoms with Gasteiger partial charge in [0.1, 0.15) is 0 Å². The SMILES string of the molecule is CC(C)CCC[C@H](C)CCCC[C@H](C)CCCC(C)C. The number of unbranched alkanes of at least 4 members (excludes halogenated alkanes) is 1. The van der Waals surface area contributed by atoms with Gasteiger partial charge in [0.2, 0.25) is 0 Å². The van der Waals surface area contributed by atoms with Crippen molar-refractivity contribution in [1.29, 1.82) is 0 Å². The Balaban J connectivity index is 3.36. The van der Waals surface area contributed by atoms with Crippen LogP contribution in [0.4, 0.5) is 0 Å². The van der Waals surface area contributed by atoms with E-state index in [9.17, 15) is 0 Å². The first kappa shape index (κ1) is 20.0. The third-order valence-corrected chi connectivity index (χ3v) is 4.60. The summed E-state index contributed by atoms with van der Waals surface area (Å²) in [5, 5.41) is 0. The van der Waals surface area contributed by atoms with Crippen molar-refractivity contribution in [3.8, 4) is 0 Å². The first-order chi connectivity index (χ1) is 9.41. The number of hydrogen-bond donors (Lipinski definition) is 0. The average Bonchev–Trinajstić information content (AvgIpc) is 2.33. The van der Waals surface area contributed by atoms with Crippen molar-refractivity contribution in [2.24, 2.45) is 23.7 Å². The Morgan fingerprint density at radius 2 is 0.700 bits per heavy atom. The first-order valence-corrected chi connectivity index (χ1v) is 9.41. The van der Waals surface area contributed by atoms with Crippen LogP contribution in [0.3, 0.4) is 0 Å². The Morgan fingerprint density at radius 3 is 1.00 bits per heavy atom. The highest BCUT2D eigenvalue weighted by atomic mass is 14.1. The van der Waals surface area contributed by atoms with Crippen molar-refractivity contribution in [2.45, 2.75) is 106 Å². The van der Waals surface area contributed by atoms with Crippen LogP contribution < -0.4 is 0 Å². The van der Waals surface area contributed by atoms with Gasteiger partial charge >= 0.3 is 0 Å². The molecule has 0 heteroatoms. The molecule has 0 amide bonds. The fraction of sp³-hybridized carbons (Fsp3) is 1.00. The zero-order chi connectivity index (χ0) is 15.4. The van der Waals surface area contributed by atoms with E-state index < -0.39 is 0 Å². The van der Waals surface area contributed by atoms with Crippen LogP contribution in [-0.4, -0.2) is 0 Å². The molecule has 0 nitrogen and oxygen atoms in total. The second kappa shape index (κ2) is 12.7. The minimum absolute atomic E-state index is 0.883. The van der Waals surface area contributed by atoms with E-state index in [0.29, 0.717) is 0 Å². The maximum Gasteiger partial charge on any atom is -0.0443 e. The van der Waals surface area contributed by atoms with Crippen LogP contribution in [0.2, 0.25) is 0 Å². The summed E-state index contributed by atoms with van der Waals surface area (Å²) in [6.07, 6.45) is 14.4. The van der Waals surface area contributed by atoms with Gasteiger partial charge in [-0.1, -0.05) is 106 Å². The van der Waals surface area contributed by atoms with Crippen LogP contribution in [0.5, 0.6) is 0 Å². The fourth-order valence-electron chi connectivity index (χ4n) is 3.02. The summed E-state index contributed by atoms with van der Waals surface area (Å²) in [5.41, 5.74) is 0. The van der Waals surface area contributed by atoms with Gasteiger partial charge in [0.15, 0.2) is 0 Å². The molecule has 0 saturated carbocycles. The Bertz CT molecular complexity index is 170. The van der Waals surface area contributed by atoms with Gasteiger partial charge in [0, 0.05) is 0 Å². The van der Waals surface area contributed by atoms with Gasteiger partial charge in [-0.2, -0.15) is 0 Å². The summed E-state index contributed by atoms with van der Waals surface area (Å²) in [5.74, 6) is 3.66. The molecule has 0 rings (SSSR count). The molecule has 0 aliphatic heterocycles. The minimum Gasteiger partial charge on any atom is -0.0628 e. The predicted octanol–water partition coefficient (Wildman–Crippen LogP) is 7.47. The molecule has 122 valence electrons. The van der Waals surface area contributed by atoms with Gasteiger partial charge in [-0.25, -0.2) is 0 Å². The van der Waals surface area contributed by atoms with Crippen LogP contribution in [-0.2, 0) is 0 Å². The molecule has 0 fully saturated rings. The molecule has 0 aliphatic rings. The summed E-state index contributed by atoms with van der Waals surface area (Å²) >= 11 is 0. The van der Waals surface area contributed by atoms with Gasteiger partial charge in [0.25, 0.3) is 0 Å². The van der Waals surface area contributed by atoms with E-state index in [1.807, 2.05) is 0 Å². The van der Waals surface area contributed by atoms with Crippen LogP contribution >= 0.6 is 0 Å². The van der Waals surface area contributed by atoms with Gasteiger partial charge < -0.3 is 0 Å². The Morgan fingerprint density at radius 1 is 0.400 bits per heavy atom. The molecule has 0 aromatic carbocycles. The monoisotopic (exact) mass is 282 g/mol. The van der Waals surface area contributed by atoms with Crippen LogP contribution in [0.1, 0.15) is 106 Å². The van der Waals surface area contributed by atoms with Crippen LogP contribution in [0.15, 0.2) is 0 Å². The molecule has 0 saturated heterocycles. The smallest absolute Gasteiger partial charge is 0.0443 e. The third-order valence-electron chi connectivity index (χ3n) is 4.60. The highest BCUT2D eigenvalue weighted by Crippen LogP contribution is 2.21. The zero-order valence-electron chi connectivity index (χ0n) is 15.4. The van der Waals surface area contributed by atoms with E-state index in [1.54, 1.807) is 0 Å². The molecule has 0 bridgehead atoms. The first-order valence-electron chi connectivity index (χ1n) is 9.41. The van der Waals surface area contributed by atoms with Gasteiger partial charge in [-0.05, 0) is 23.7 Å². The Kier molecular flexibility index (Phi) is 12.7. The lowest BCUT2D eigenvalue weighted by molar-refractivity contribution is 0.390. The van der Waals surface area contributed by atoms with E-state index in [1.165, 1.54) is 64.2 Å². The number of rotatable bonds is 13.